The lowest BCUT2D eigenvalue weighted by atomic mass is 9.79. The van der Waals surface area contributed by atoms with Gasteiger partial charge in [-0.3, -0.25) is 0 Å². The molecule has 0 atom stereocenters. The van der Waals surface area contributed by atoms with E-state index in [1.54, 1.807) is 0 Å². The first-order valence-electron chi connectivity index (χ1n) is 17.8. The summed E-state index contributed by atoms with van der Waals surface area (Å²) in [6.45, 7) is 18.4. The van der Waals surface area contributed by atoms with E-state index in [2.05, 4.69) is 169 Å². The lowest BCUT2D eigenvalue weighted by Gasteiger charge is -2.29. The number of nitrogens with zero attached hydrogens (tertiary/aromatic N) is 1. The second-order valence-corrected chi connectivity index (χ2v) is 16.6. The largest absolute Gasteiger partial charge is 0.456 e. The topological polar surface area (TPSA) is 29.5 Å². The van der Waals surface area contributed by atoms with Gasteiger partial charge in [-0.05, 0) is 81.1 Å². The average Bonchev–Trinajstić information content (AvgIpc) is 3.72. The third-order valence-electron chi connectivity index (χ3n) is 10.9. The summed E-state index contributed by atoms with van der Waals surface area (Å²) in [6.07, 6.45) is 0. The molecule has 0 unspecified atom stereocenters. The van der Waals surface area contributed by atoms with Crippen molar-refractivity contribution in [2.45, 2.75) is 71.6 Å². The van der Waals surface area contributed by atoms with Crippen molar-refractivity contribution < 1.29 is 8.83 Å². The second-order valence-electron chi connectivity index (χ2n) is 16.6. The van der Waals surface area contributed by atoms with Crippen molar-refractivity contribution in [2.24, 2.45) is 0 Å². The van der Waals surface area contributed by atoms with Gasteiger partial charge in [0.1, 0.15) is 16.7 Å². The van der Waals surface area contributed by atoms with Crippen LogP contribution in [0.25, 0.3) is 55.0 Å². The minimum Gasteiger partial charge on any atom is -0.456 e. The van der Waals surface area contributed by atoms with Crippen LogP contribution in [0.15, 0.2) is 124 Å². The van der Waals surface area contributed by atoms with E-state index in [1.165, 1.54) is 33.4 Å². The Morgan fingerprint density at radius 3 is 1.98 bits per heavy atom. The zero-order valence-electron chi connectivity index (χ0n) is 30.2. The highest BCUT2D eigenvalue weighted by Crippen LogP contribution is 2.53. The van der Waals surface area contributed by atoms with Crippen molar-refractivity contribution in [3.05, 3.63) is 138 Å². The molecule has 0 bridgehead atoms. The van der Waals surface area contributed by atoms with Crippen LogP contribution in [0.1, 0.15) is 77.6 Å². The van der Waals surface area contributed by atoms with Gasteiger partial charge in [0.05, 0.1) is 16.8 Å². The molecule has 3 nitrogen and oxygen atoms in total. The number of furan rings is 2. The molecule has 2 heterocycles. The van der Waals surface area contributed by atoms with Crippen LogP contribution >= 0.6 is 0 Å². The Kier molecular flexibility index (Phi) is 6.38. The van der Waals surface area contributed by atoms with Crippen LogP contribution in [-0.2, 0) is 16.2 Å². The monoisotopic (exact) mass is 653 g/mol. The van der Waals surface area contributed by atoms with Gasteiger partial charge in [0.25, 0.3) is 0 Å². The molecule has 1 aliphatic carbocycles. The summed E-state index contributed by atoms with van der Waals surface area (Å²) < 4.78 is 13.6. The highest BCUT2D eigenvalue weighted by atomic mass is 16.3. The van der Waals surface area contributed by atoms with Crippen molar-refractivity contribution in [2.75, 3.05) is 4.90 Å². The number of para-hydroxylation sites is 2. The van der Waals surface area contributed by atoms with Gasteiger partial charge in [-0.1, -0.05) is 128 Å². The predicted octanol–water partition coefficient (Wildman–Crippen LogP) is 13.9. The quantitative estimate of drug-likeness (QED) is 0.190. The molecule has 0 aliphatic heterocycles. The predicted molar refractivity (Wildman–Crippen MR) is 211 cm³/mol. The molecule has 0 amide bonds. The molecule has 0 saturated heterocycles. The maximum Gasteiger partial charge on any atom is 0.159 e. The summed E-state index contributed by atoms with van der Waals surface area (Å²) >= 11 is 0. The Hall–Kier alpha value is -5.28. The zero-order chi connectivity index (χ0) is 34.7. The molecule has 9 rings (SSSR count). The van der Waals surface area contributed by atoms with Crippen molar-refractivity contribution in [3.63, 3.8) is 0 Å². The van der Waals surface area contributed by atoms with Gasteiger partial charge in [0.2, 0.25) is 0 Å². The molecule has 0 N–H and O–H groups in total. The summed E-state index contributed by atoms with van der Waals surface area (Å²) in [4.78, 5) is 2.40. The highest BCUT2D eigenvalue weighted by molar-refractivity contribution is 6.16. The molecule has 6 aromatic carbocycles. The van der Waals surface area contributed by atoms with Gasteiger partial charge < -0.3 is 13.7 Å². The maximum atomic E-state index is 6.88. The molecule has 1 aliphatic rings. The normalized spacial score (nSPS) is 14.2. The molecule has 0 radical (unpaired) electrons. The molecule has 0 saturated carbocycles. The highest BCUT2D eigenvalue weighted by Gasteiger charge is 2.36. The molecule has 2 aromatic heterocycles. The van der Waals surface area contributed by atoms with Crippen LogP contribution in [0, 0.1) is 0 Å². The summed E-state index contributed by atoms with van der Waals surface area (Å²) in [5, 5.41) is 4.47. The van der Waals surface area contributed by atoms with Crippen molar-refractivity contribution >= 4 is 60.9 Å². The lowest BCUT2D eigenvalue weighted by Crippen LogP contribution is -2.17. The van der Waals surface area contributed by atoms with Crippen molar-refractivity contribution in [1.82, 2.24) is 0 Å². The second kappa shape index (κ2) is 10.4. The van der Waals surface area contributed by atoms with Gasteiger partial charge in [-0.25, -0.2) is 0 Å². The van der Waals surface area contributed by atoms with Crippen LogP contribution in [0.4, 0.5) is 17.1 Å². The molecule has 3 heteroatoms. The summed E-state index contributed by atoms with van der Waals surface area (Å²) in [7, 11) is 0. The molecule has 248 valence electrons. The molecule has 0 fully saturated rings. The fourth-order valence-electron chi connectivity index (χ4n) is 8.23. The minimum absolute atomic E-state index is 0.0349. The molecular weight excluding hydrogens is 611 g/mol. The van der Waals surface area contributed by atoms with E-state index < -0.39 is 0 Å². The minimum atomic E-state index is -0.142. The third kappa shape index (κ3) is 4.42. The van der Waals surface area contributed by atoms with Crippen LogP contribution in [0.3, 0.4) is 0 Å². The number of benzene rings is 6. The van der Waals surface area contributed by atoms with Gasteiger partial charge in [-0.15, -0.1) is 0 Å². The van der Waals surface area contributed by atoms with Gasteiger partial charge in [0, 0.05) is 32.8 Å². The average molecular weight is 654 g/mol. The summed E-state index contributed by atoms with van der Waals surface area (Å²) in [5.74, 6) is 0. The number of hydrogen-bond acceptors (Lipinski definition) is 3. The van der Waals surface area contributed by atoms with Crippen LogP contribution in [0.2, 0.25) is 0 Å². The van der Waals surface area contributed by atoms with Gasteiger partial charge >= 0.3 is 0 Å². The van der Waals surface area contributed by atoms with E-state index in [0.717, 1.165) is 60.9 Å². The fraction of sp³-hybridized carbons (Fsp3) is 0.234. The number of hydrogen-bond donors (Lipinski definition) is 0. The zero-order valence-corrected chi connectivity index (χ0v) is 30.2. The summed E-state index contributed by atoms with van der Waals surface area (Å²) in [5.41, 5.74) is 14.3. The number of fused-ring (bicyclic) bond motifs is 9. The van der Waals surface area contributed by atoms with Crippen molar-refractivity contribution in [1.29, 1.82) is 0 Å². The number of anilines is 3. The lowest BCUT2D eigenvalue weighted by molar-refractivity contribution is 0.559. The van der Waals surface area contributed by atoms with E-state index >= 15 is 0 Å². The smallest absolute Gasteiger partial charge is 0.159 e. The van der Waals surface area contributed by atoms with Crippen LogP contribution < -0.4 is 4.90 Å². The summed E-state index contributed by atoms with van der Waals surface area (Å²) in [6, 6.07) is 41.9. The van der Waals surface area contributed by atoms with Gasteiger partial charge in [-0.2, -0.15) is 0 Å². The van der Waals surface area contributed by atoms with Gasteiger partial charge in [0.15, 0.2) is 5.58 Å². The molecule has 8 aromatic rings. The van der Waals surface area contributed by atoms with E-state index in [9.17, 15) is 0 Å². The first-order chi connectivity index (χ1) is 23.8. The molecular formula is C47H43NO2. The Balaban J connectivity index is 1.39. The molecule has 0 spiro atoms. The van der Waals surface area contributed by atoms with Crippen molar-refractivity contribution in [3.8, 4) is 11.1 Å². The third-order valence-corrected chi connectivity index (χ3v) is 10.9. The van der Waals surface area contributed by atoms with Crippen LogP contribution in [0.5, 0.6) is 0 Å². The Morgan fingerprint density at radius 1 is 0.520 bits per heavy atom. The van der Waals surface area contributed by atoms with Crippen LogP contribution in [-0.4, -0.2) is 0 Å². The Labute approximate surface area is 294 Å². The maximum absolute atomic E-state index is 6.88. The van der Waals surface area contributed by atoms with E-state index in [4.69, 9.17) is 8.83 Å². The standard InChI is InChI=1S/C47H43NO2/c1-45(2,3)28-25-34-42-38(19-14-22-41(42)50-43(34)37(26-28)46(4,5)6)48(39-20-13-17-33-32-16-10-12-21-40(32)49-44(33)39)29-23-24-31-30-15-9-11-18-35(30)47(7,8)36(31)27-29/h9-27H,1-8H3. The SMILES string of the molecule is CC(C)(C)c1cc(C(C)(C)C)c2oc3cccc(N(c4ccc5c(c4)C(C)(C)c4ccccc4-5)c4cccc5c4oc4ccccc45)c3c2c1. The first-order valence-corrected chi connectivity index (χ1v) is 17.8. The first kappa shape index (κ1) is 30.8. The van der Waals surface area contributed by atoms with E-state index in [-0.39, 0.29) is 16.2 Å². The van der Waals surface area contributed by atoms with E-state index in [1.807, 2.05) is 6.07 Å². The number of rotatable bonds is 3. The fourth-order valence-corrected chi connectivity index (χ4v) is 8.23. The Morgan fingerprint density at radius 2 is 1.18 bits per heavy atom. The molecule has 50 heavy (non-hydrogen) atoms. The Bertz CT molecular complexity index is 2650. The van der Waals surface area contributed by atoms with E-state index in [0.29, 0.717) is 0 Å².